The summed E-state index contributed by atoms with van der Waals surface area (Å²) in [5, 5.41) is 12.6. The van der Waals surface area contributed by atoms with Crippen LogP contribution >= 0.6 is 23.2 Å². The molecule has 0 saturated heterocycles. The molecule has 0 unspecified atom stereocenters. The first-order valence-electron chi connectivity index (χ1n) is 3.90. The molecule has 0 aliphatic rings. The summed E-state index contributed by atoms with van der Waals surface area (Å²) in [6.07, 6.45) is 3.29. The molecule has 2 heterocycles. The summed E-state index contributed by atoms with van der Waals surface area (Å²) in [7, 11) is 0. The van der Waals surface area contributed by atoms with Crippen LogP contribution in [0.15, 0.2) is 24.5 Å². The molecule has 0 fully saturated rings. The third kappa shape index (κ3) is 2.21. The van der Waals surface area contributed by atoms with Gasteiger partial charge in [0.25, 0.3) is 0 Å². The molecule has 0 aliphatic carbocycles. The third-order valence-electron chi connectivity index (χ3n) is 1.61. The smallest absolute Gasteiger partial charge is 0.151 e. The van der Waals surface area contributed by atoms with Crippen LogP contribution < -0.4 is 0 Å². The third-order valence-corrected chi connectivity index (χ3v) is 2.01. The summed E-state index contributed by atoms with van der Waals surface area (Å²) in [6, 6.07) is 3.49. The molecule has 4 nitrogen and oxygen atoms in total. The van der Waals surface area contributed by atoms with Crippen LogP contribution in [-0.4, -0.2) is 20.0 Å². The highest BCUT2D eigenvalue weighted by atomic mass is 35.5. The second kappa shape index (κ2) is 3.94. The van der Waals surface area contributed by atoms with Crippen molar-refractivity contribution in [3.8, 4) is 0 Å². The van der Waals surface area contributed by atoms with E-state index in [4.69, 9.17) is 23.2 Å². The Bertz CT molecular complexity index is 423. The van der Waals surface area contributed by atoms with Crippen LogP contribution in [0.3, 0.4) is 0 Å². The molecule has 14 heavy (non-hydrogen) atoms. The molecule has 0 radical (unpaired) electrons. The lowest BCUT2D eigenvalue weighted by atomic mass is 10.4. The number of hydrogen-bond acceptors (Lipinski definition) is 3. The van der Waals surface area contributed by atoms with Gasteiger partial charge in [-0.3, -0.25) is 4.68 Å². The quantitative estimate of drug-likeness (QED) is 0.791. The Hall–Kier alpha value is -1.13. The zero-order valence-corrected chi connectivity index (χ0v) is 8.57. The molecule has 2 rings (SSSR count). The van der Waals surface area contributed by atoms with E-state index in [1.165, 1.54) is 0 Å². The van der Waals surface area contributed by atoms with E-state index in [9.17, 15) is 0 Å². The van der Waals surface area contributed by atoms with E-state index < -0.39 is 0 Å². The Morgan fingerprint density at radius 1 is 1.21 bits per heavy atom. The number of aromatic nitrogens is 4. The SMILES string of the molecule is Clc1cnn(Cc2ccc(Cl)nn2)c1. The van der Waals surface area contributed by atoms with Gasteiger partial charge in [-0.1, -0.05) is 23.2 Å². The number of halogens is 2. The van der Waals surface area contributed by atoms with Crippen molar-refractivity contribution < 1.29 is 0 Å². The van der Waals surface area contributed by atoms with Crippen LogP contribution in [0.2, 0.25) is 10.2 Å². The van der Waals surface area contributed by atoms with E-state index in [1.54, 1.807) is 29.2 Å². The van der Waals surface area contributed by atoms with Crippen molar-refractivity contribution in [3.05, 3.63) is 40.4 Å². The van der Waals surface area contributed by atoms with Crippen molar-refractivity contribution in [1.82, 2.24) is 20.0 Å². The second-order valence-electron chi connectivity index (χ2n) is 2.70. The Labute approximate surface area is 90.5 Å². The van der Waals surface area contributed by atoms with E-state index in [1.807, 2.05) is 0 Å². The monoisotopic (exact) mass is 228 g/mol. The van der Waals surface area contributed by atoms with Crippen molar-refractivity contribution in [2.75, 3.05) is 0 Å². The molecule has 2 aromatic heterocycles. The van der Waals surface area contributed by atoms with E-state index in [2.05, 4.69) is 15.3 Å². The lowest BCUT2D eigenvalue weighted by molar-refractivity contribution is 0.663. The molecule has 0 amide bonds. The standard InChI is InChI=1S/C8H6Cl2N4/c9-6-3-11-14(4-6)5-7-1-2-8(10)13-12-7/h1-4H,5H2. The van der Waals surface area contributed by atoms with Crippen molar-refractivity contribution in [2.45, 2.75) is 6.54 Å². The fraction of sp³-hybridized carbons (Fsp3) is 0.125. The Morgan fingerprint density at radius 3 is 2.64 bits per heavy atom. The Morgan fingerprint density at radius 2 is 2.07 bits per heavy atom. The highest BCUT2D eigenvalue weighted by molar-refractivity contribution is 6.30. The van der Waals surface area contributed by atoms with Gasteiger partial charge in [-0.15, -0.1) is 5.10 Å². The van der Waals surface area contributed by atoms with Gasteiger partial charge in [0, 0.05) is 6.20 Å². The molecular formula is C8H6Cl2N4. The van der Waals surface area contributed by atoms with Gasteiger partial charge in [0.05, 0.1) is 23.5 Å². The minimum Gasteiger partial charge on any atom is -0.265 e. The first kappa shape index (κ1) is 9.43. The summed E-state index contributed by atoms with van der Waals surface area (Å²) >= 11 is 11.3. The number of rotatable bonds is 2. The molecule has 0 aromatic carbocycles. The molecular weight excluding hydrogens is 223 g/mol. The Balaban J connectivity index is 2.15. The van der Waals surface area contributed by atoms with Gasteiger partial charge in [-0.25, -0.2) is 0 Å². The zero-order valence-electron chi connectivity index (χ0n) is 7.06. The minimum atomic E-state index is 0.382. The lowest BCUT2D eigenvalue weighted by Crippen LogP contribution is -2.02. The predicted molar refractivity (Wildman–Crippen MR) is 53.4 cm³/mol. The molecule has 0 saturated carbocycles. The van der Waals surface area contributed by atoms with Gasteiger partial charge in [-0.05, 0) is 12.1 Å². The van der Waals surface area contributed by atoms with Gasteiger partial charge in [-0.2, -0.15) is 10.2 Å². The summed E-state index contributed by atoms with van der Waals surface area (Å²) in [5.74, 6) is 0. The second-order valence-corrected chi connectivity index (χ2v) is 3.53. The predicted octanol–water partition coefficient (Wildman–Crippen LogP) is 2.03. The highest BCUT2D eigenvalue weighted by Crippen LogP contribution is 2.07. The molecule has 72 valence electrons. The largest absolute Gasteiger partial charge is 0.265 e. The fourth-order valence-electron chi connectivity index (χ4n) is 1.02. The normalized spacial score (nSPS) is 10.4. The highest BCUT2D eigenvalue weighted by Gasteiger charge is 1.99. The number of hydrogen-bond donors (Lipinski definition) is 0. The molecule has 0 aliphatic heterocycles. The maximum atomic E-state index is 5.71. The summed E-state index contributed by atoms with van der Waals surface area (Å²) in [6.45, 7) is 0.539. The molecule has 0 spiro atoms. The average Bonchev–Trinajstić information content (AvgIpc) is 2.56. The molecule has 6 heteroatoms. The topological polar surface area (TPSA) is 43.6 Å². The molecule has 2 aromatic rings. The van der Waals surface area contributed by atoms with Gasteiger partial charge in [0.15, 0.2) is 5.15 Å². The van der Waals surface area contributed by atoms with Crippen molar-refractivity contribution in [2.24, 2.45) is 0 Å². The van der Waals surface area contributed by atoms with Crippen LogP contribution in [0.4, 0.5) is 0 Å². The summed E-state index contributed by atoms with van der Waals surface area (Å²) in [4.78, 5) is 0. The van der Waals surface area contributed by atoms with E-state index in [0.717, 1.165) is 5.69 Å². The van der Waals surface area contributed by atoms with Crippen LogP contribution in [0, 0.1) is 0 Å². The van der Waals surface area contributed by atoms with Crippen LogP contribution in [0.5, 0.6) is 0 Å². The van der Waals surface area contributed by atoms with Crippen LogP contribution in [0.25, 0.3) is 0 Å². The lowest BCUT2D eigenvalue weighted by Gasteiger charge is -1.98. The van der Waals surface area contributed by atoms with E-state index >= 15 is 0 Å². The molecule has 0 bridgehead atoms. The van der Waals surface area contributed by atoms with Gasteiger partial charge in [0.2, 0.25) is 0 Å². The number of nitrogens with zero attached hydrogens (tertiary/aromatic N) is 4. The van der Waals surface area contributed by atoms with Crippen molar-refractivity contribution >= 4 is 23.2 Å². The average molecular weight is 229 g/mol. The van der Waals surface area contributed by atoms with Crippen LogP contribution in [-0.2, 0) is 6.54 Å². The van der Waals surface area contributed by atoms with E-state index in [-0.39, 0.29) is 0 Å². The van der Waals surface area contributed by atoms with Gasteiger partial charge in [0.1, 0.15) is 0 Å². The van der Waals surface area contributed by atoms with Gasteiger partial charge >= 0.3 is 0 Å². The van der Waals surface area contributed by atoms with E-state index in [0.29, 0.717) is 16.7 Å². The summed E-state index contributed by atoms with van der Waals surface area (Å²) in [5.41, 5.74) is 0.786. The Kier molecular flexibility index (Phi) is 2.65. The van der Waals surface area contributed by atoms with Gasteiger partial charge < -0.3 is 0 Å². The summed E-state index contributed by atoms with van der Waals surface area (Å²) < 4.78 is 1.68. The first-order valence-corrected chi connectivity index (χ1v) is 4.66. The fourth-order valence-corrected chi connectivity index (χ4v) is 1.28. The first-order chi connectivity index (χ1) is 6.74. The van der Waals surface area contributed by atoms with Crippen LogP contribution in [0.1, 0.15) is 5.69 Å². The minimum absolute atomic E-state index is 0.382. The maximum Gasteiger partial charge on any atom is 0.151 e. The van der Waals surface area contributed by atoms with Crippen molar-refractivity contribution in [1.29, 1.82) is 0 Å². The molecule has 0 atom stereocenters. The van der Waals surface area contributed by atoms with Crippen molar-refractivity contribution in [3.63, 3.8) is 0 Å². The zero-order chi connectivity index (χ0) is 9.97. The molecule has 0 N–H and O–H groups in total. The maximum absolute atomic E-state index is 5.71.